The predicted octanol–water partition coefficient (Wildman–Crippen LogP) is 2.86. The third kappa shape index (κ3) is 8.83. The third-order valence-electron chi connectivity index (χ3n) is 0.748. The Hall–Kier alpha value is 0.830. The molecule has 0 saturated carbocycles. The number of hydrogen-bond donors (Lipinski definition) is 1. The molecule has 0 spiro atoms. The summed E-state index contributed by atoms with van der Waals surface area (Å²) >= 11 is 5.98. The van der Waals surface area contributed by atoms with E-state index < -0.39 is 5.92 Å². The number of halogens is 1. The van der Waals surface area contributed by atoms with Crippen molar-refractivity contribution in [3.63, 3.8) is 0 Å². The van der Waals surface area contributed by atoms with Gasteiger partial charge in [-0.05, 0) is 17.7 Å². The average Bonchev–Trinajstić information content (AvgIpc) is 1.63. The van der Waals surface area contributed by atoms with Gasteiger partial charge in [0.15, 0.2) is 0 Å². The number of rotatable bonds is 4. The van der Waals surface area contributed by atoms with Gasteiger partial charge in [0.25, 0.3) is 0 Å². The van der Waals surface area contributed by atoms with Gasteiger partial charge in [0.1, 0.15) is 0 Å². The van der Waals surface area contributed by atoms with Crippen molar-refractivity contribution in [2.75, 3.05) is 5.75 Å². The maximum atomic E-state index is 10.4. The summed E-state index contributed by atoms with van der Waals surface area (Å²) in [6.45, 7) is 2.02. The molecule has 0 aromatic carbocycles. The van der Waals surface area contributed by atoms with E-state index >= 15 is 0 Å². The first kappa shape index (κ1) is 9.83. The van der Waals surface area contributed by atoms with Crippen molar-refractivity contribution in [3.05, 3.63) is 0 Å². The van der Waals surface area contributed by atoms with Crippen molar-refractivity contribution >= 4 is 28.5 Å². The smallest absolute Gasteiger partial charge is 0.326 e. The molecule has 1 N–H and O–H groups in total. The van der Waals surface area contributed by atoms with Gasteiger partial charge >= 0.3 is 5.92 Å². The van der Waals surface area contributed by atoms with Gasteiger partial charge in [-0.15, -0.1) is 0 Å². The molecule has 0 heterocycles. The zero-order valence-electron chi connectivity index (χ0n) is 5.21. The summed E-state index contributed by atoms with van der Waals surface area (Å²) in [4.78, 5) is 8.53. The van der Waals surface area contributed by atoms with Crippen LogP contribution in [0.1, 0.15) is 19.8 Å². The van der Waals surface area contributed by atoms with Crippen molar-refractivity contribution in [2.45, 2.75) is 19.8 Å². The highest BCUT2D eigenvalue weighted by atomic mass is 35.7. The lowest BCUT2D eigenvalue weighted by Crippen LogP contribution is -1.73. The minimum absolute atomic E-state index is 0.674. The molecule has 0 aromatic heterocycles. The van der Waals surface area contributed by atoms with E-state index in [2.05, 4.69) is 0 Å². The minimum Gasteiger partial charge on any atom is -0.326 e. The number of unbranched alkanes of at least 4 members (excludes halogenated alkanes) is 1. The lowest BCUT2D eigenvalue weighted by Gasteiger charge is -1.98. The topological polar surface area (TPSA) is 37.3 Å². The highest BCUT2D eigenvalue weighted by Gasteiger charge is 2.11. The number of hydrogen-bond acceptors (Lipinski definition) is 2. The molecule has 0 amide bonds. The Kier molecular flexibility index (Phi) is 5.04. The molecule has 0 aromatic rings. The molecule has 0 radical (unpaired) electrons. The Morgan fingerprint density at radius 1 is 1.78 bits per heavy atom. The van der Waals surface area contributed by atoms with Crippen LogP contribution >= 0.6 is 28.5 Å². The van der Waals surface area contributed by atoms with Gasteiger partial charge in [-0.1, -0.05) is 24.7 Å². The zero-order valence-corrected chi connectivity index (χ0v) is 7.68. The van der Waals surface area contributed by atoms with Crippen molar-refractivity contribution in [2.24, 2.45) is 0 Å². The summed E-state index contributed by atoms with van der Waals surface area (Å²) in [6.07, 6.45) is 1.98. The van der Waals surface area contributed by atoms with E-state index in [1.807, 2.05) is 6.92 Å². The Bertz CT molecular complexity index is 113. The van der Waals surface area contributed by atoms with E-state index in [1.165, 1.54) is 0 Å². The first-order chi connectivity index (χ1) is 4.06. The maximum absolute atomic E-state index is 10.4. The van der Waals surface area contributed by atoms with Crippen molar-refractivity contribution < 1.29 is 9.46 Å². The van der Waals surface area contributed by atoms with Gasteiger partial charge in [-0.2, -0.15) is 0 Å². The standard InChI is InChI=1S/C4H10ClO2PS/c1-2-3-4-9-8(5,6)7/h2-4H2,1H3,(H,6,7). The molecular weight excluding hydrogens is 179 g/mol. The normalized spacial score (nSPS) is 17.2. The Labute approximate surface area is 64.0 Å². The Morgan fingerprint density at radius 3 is 2.67 bits per heavy atom. The van der Waals surface area contributed by atoms with Crippen LogP contribution in [0.5, 0.6) is 0 Å². The second-order valence-corrected chi connectivity index (χ2v) is 7.44. The first-order valence-corrected chi connectivity index (χ1v) is 6.89. The molecule has 0 aliphatic rings. The fraction of sp³-hybridized carbons (Fsp3) is 1.00. The monoisotopic (exact) mass is 188 g/mol. The van der Waals surface area contributed by atoms with Gasteiger partial charge < -0.3 is 4.89 Å². The van der Waals surface area contributed by atoms with Crippen LogP contribution in [0.15, 0.2) is 0 Å². The van der Waals surface area contributed by atoms with Crippen LogP contribution in [0.25, 0.3) is 0 Å². The molecular formula is C4H10ClO2PS. The van der Waals surface area contributed by atoms with E-state index in [4.69, 9.17) is 16.1 Å². The molecule has 0 bridgehead atoms. The van der Waals surface area contributed by atoms with Gasteiger partial charge in [0.2, 0.25) is 0 Å². The molecule has 1 atom stereocenters. The van der Waals surface area contributed by atoms with Crippen molar-refractivity contribution in [3.8, 4) is 0 Å². The van der Waals surface area contributed by atoms with Crippen LogP contribution < -0.4 is 0 Å². The molecule has 0 rings (SSSR count). The Morgan fingerprint density at radius 2 is 2.33 bits per heavy atom. The summed E-state index contributed by atoms with van der Waals surface area (Å²) in [6, 6.07) is 0. The third-order valence-corrected chi connectivity index (χ3v) is 3.92. The Balaban J connectivity index is 3.18. The SMILES string of the molecule is CCCCSP(=O)(O)Cl. The lowest BCUT2D eigenvalue weighted by atomic mass is 10.4. The molecule has 0 fully saturated rings. The van der Waals surface area contributed by atoms with Gasteiger partial charge in [-0.25, -0.2) is 0 Å². The summed E-state index contributed by atoms with van der Waals surface area (Å²) in [5, 5.41) is 0. The maximum Gasteiger partial charge on any atom is 0.343 e. The molecule has 0 aliphatic heterocycles. The minimum atomic E-state index is -3.31. The van der Waals surface area contributed by atoms with E-state index in [0.717, 1.165) is 24.2 Å². The van der Waals surface area contributed by atoms with Crippen LogP contribution in [0.3, 0.4) is 0 Å². The van der Waals surface area contributed by atoms with E-state index in [0.29, 0.717) is 5.75 Å². The second kappa shape index (κ2) is 4.62. The molecule has 9 heavy (non-hydrogen) atoms. The summed E-state index contributed by atoms with van der Waals surface area (Å²) < 4.78 is 10.4. The molecule has 0 saturated heterocycles. The lowest BCUT2D eigenvalue weighted by molar-refractivity contribution is 0.513. The second-order valence-electron chi connectivity index (χ2n) is 1.64. The van der Waals surface area contributed by atoms with Crippen molar-refractivity contribution in [1.82, 2.24) is 0 Å². The van der Waals surface area contributed by atoms with Gasteiger partial charge in [0.05, 0.1) is 0 Å². The highest BCUT2D eigenvalue weighted by molar-refractivity contribution is 8.63. The largest absolute Gasteiger partial charge is 0.343 e. The summed E-state index contributed by atoms with van der Waals surface area (Å²) in [5.74, 6) is -2.63. The van der Waals surface area contributed by atoms with Gasteiger partial charge in [0, 0.05) is 5.75 Å². The van der Waals surface area contributed by atoms with Crippen LogP contribution in [-0.2, 0) is 4.57 Å². The fourth-order valence-electron chi connectivity index (χ4n) is 0.321. The van der Waals surface area contributed by atoms with Gasteiger partial charge in [-0.3, -0.25) is 4.57 Å². The fourth-order valence-corrected chi connectivity index (χ4v) is 2.65. The molecule has 56 valence electrons. The quantitative estimate of drug-likeness (QED) is 0.545. The van der Waals surface area contributed by atoms with E-state index in [-0.39, 0.29) is 0 Å². The van der Waals surface area contributed by atoms with Crippen LogP contribution in [0, 0.1) is 0 Å². The average molecular weight is 189 g/mol. The molecule has 0 aliphatic carbocycles. The van der Waals surface area contributed by atoms with Crippen LogP contribution in [0.2, 0.25) is 0 Å². The van der Waals surface area contributed by atoms with Crippen LogP contribution in [0.4, 0.5) is 0 Å². The van der Waals surface area contributed by atoms with E-state index in [1.54, 1.807) is 0 Å². The zero-order chi connectivity index (χ0) is 7.33. The van der Waals surface area contributed by atoms with Crippen molar-refractivity contribution in [1.29, 1.82) is 0 Å². The van der Waals surface area contributed by atoms with E-state index in [9.17, 15) is 4.57 Å². The summed E-state index contributed by atoms with van der Waals surface area (Å²) in [5.41, 5.74) is 0. The van der Waals surface area contributed by atoms with Crippen LogP contribution in [-0.4, -0.2) is 10.6 Å². The summed E-state index contributed by atoms with van der Waals surface area (Å²) in [7, 11) is 0. The first-order valence-electron chi connectivity index (χ1n) is 2.73. The predicted molar refractivity (Wildman–Crippen MR) is 43.0 cm³/mol. The highest BCUT2D eigenvalue weighted by Crippen LogP contribution is 2.59. The molecule has 5 heteroatoms. The molecule has 2 nitrogen and oxygen atoms in total. The molecule has 1 unspecified atom stereocenters.